The molecule has 3 aliphatic heterocycles. The molecule has 5 atom stereocenters. The number of aryl methyl sites for hydroxylation is 1. The third-order valence-corrected chi connectivity index (χ3v) is 13.6. The van der Waals surface area contributed by atoms with Gasteiger partial charge in [-0.1, -0.05) is 78.9 Å². The summed E-state index contributed by atoms with van der Waals surface area (Å²) in [4.78, 5) is 44.1. The number of carbonyl (C=O) groups is 3. The van der Waals surface area contributed by atoms with E-state index in [2.05, 4.69) is 132 Å². The Labute approximate surface area is 366 Å². The lowest BCUT2D eigenvalue weighted by molar-refractivity contribution is -0.136. The van der Waals surface area contributed by atoms with E-state index in [0.717, 1.165) is 74.5 Å². The lowest BCUT2D eigenvalue weighted by atomic mass is 9.69. The number of imide groups is 1. The van der Waals surface area contributed by atoms with Crippen LogP contribution >= 0.6 is 0 Å². The van der Waals surface area contributed by atoms with Crippen LogP contribution in [0, 0.1) is 0 Å². The van der Waals surface area contributed by atoms with Crippen molar-refractivity contribution in [3.05, 3.63) is 160 Å². The van der Waals surface area contributed by atoms with E-state index in [1.165, 1.54) is 27.8 Å². The Bertz CT molecular complexity index is 2360. The number of fused-ring (bicyclic) bond motifs is 2. The molecular formula is C53H58N4O5. The van der Waals surface area contributed by atoms with E-state index in [9.17, 15) is 14.4 Å². The van der Waals surface area contributed by atoms with Gasteiger partial charge in [0.05, 0.1) is 6.61 Å². The third kappa shape index (κ3) is 9.00. The second-order valence-corrected chi connectivity index (χ2v) is 17.7. The van der Waals surface area contributed by atoms with Gasteiger partial charge in [0.2, 0.25) is 11.8 Å². The highest BCUT2D eigenvalue weighted by Gasteiger charge is 2.40. The van der Waals surface area contributed by atoms with Crippen LogP contribution in [0.1, 0.15) is 108 Å². The van der Waals surface area contributed by atoms with Crippen LogP contribution in [0.5, 0.6) is 11.5 Å². The van der Waals surface area contributed by atoms with Crippen LogP contribution in [-0.4, -0.2) is 71.9 Å². The van der Waals surface area contributed by atoms with Crippen LogP contribution < -0.4 is 19.7 Å². The summed E-state index contributed by atoms with van der Waals surface area (Å²) in [5.74, 6) is 1.72. The Morgan fingerprint density at radius 2 is 1.42 bits per heavy atom. The summed E-state index contributed by atoms with van der Waals surface area (Å²) in [5, 5.41) is 2.39. The minimum absolute atomic E-state index is 0.130. The first-order valence-corrected chi connectivity index (χ1v) is 22.6. The molecule has 5 aromatic rings. The maximum absolute atomic E-state index is 13.2. The van der Waals surface area contributed by atoms with Crippen LogP contribution in [-0.2, 0) is 29.2 Å². The summed E-state index contributed by atoms with van der Waals surface area (Å²) < 4.78 is 12.5. The Balaban J connectivity index is 0.753. The number of hydrogen-bond acceptors (Lipinski definition) is 7. The van der Waals surface area contributed by atoms with Crippen LogP contribution in [0.2, 0.25) is 0 Å². The minimum atomic E-state index is -0.598. The first-order valence-electron chi connectivity index (χ1n) is 22.6. The van der Waals surface area contributed by atoms with Crippen molar-refractivity contribution < 1.29 is 23.9 Å². The average Bonchev–Trinajstić information content (AvgIpc) is 3.62. The van der Waals surface area contributed by atoms with Gasteiger partial charge in [0.15, 0.2) is 0 Å². The van der Waals surface area contributed by atoms with Gasteiger partial charge < -0.3 is 19.3 Å². The van der Waals surface area contributed by atoms with Crippen molar-refractivity contribution in [1.29, 1.82) is 0 Å². The minimum Gasteiger partial charge on any atom is -0.494 e. The quantitative estimate of drug-likeness (QED) is 0.0883. The van der Waals surface area contributed by atoms with Crippen molar-refractivity contribution in [3.63, 3.8) is 0 Å². The number of benzene rings is 5. The van der Waals surface area contributed by atoms with Gasteiger partial charge in [0.25, 0.3) is 5.91 Å². The van der Waals surface area contributed by atoms with E-state index in [4.69, 9.17) is 9.47 Å². The molecule has 9 nitrogen and oxygen atoms in total. The number of ether oxygens (including phenoxy) is 2. The Kier molecular flexibility index (Phi) is 12.4. The molecule has 0 radical (unpaired) electrons. The van der Waals surface area contributed by atoms with Crippen molar-refractivity contribution >= 4 is 23.4 Å². The molecule has 0 bridgehead atoms. The molecule has 1 unspecified atom stereocenters. The lowest BCUT2D eigenvalue weighted by Gasteiger charge is -2.45. The second-order valence-electron chi connectivity index (χ2n) is 17.7. The first-order chi connectivity index (χ1) is 30.3. The fourth-order valence-corrected chi connectivity index (χ4v) is 10.4. The van der Waals surface area contributed by atoms with E-state index in [0.29, 0.717) is 49.7 Å². The number of carbonyl (C=O) groups excluding carboxylic acids is 3. The molecule has 9 heteroatoms. The van der Waals surface area contributed by atoms with Gasteiger partial charge in [0.1, 0.15) is 24.1 Å². The molecule has 1 N–H and O–H groups in total. The number of rotatable bonds is 14. The molecule has 5 aromatic carbocycles. The number of nitrogens with zero attached hydrogens (tertiary/aromatic N) is 3. The van der Waals surface area contributed by atoms with Crippen LogP contribution in [0.3, 0.4) is 0 Å². The summed E-state index contributed by atoms with van der Waals surface area (Å²) in [5.41, 5.74) is 9.35. The molecule has 4 aliphatic rings. The van der Waals surface area contributed by atoms with Gasteiger partial charge in [-0.15, -0.1) is 0 Å². The maximum atomic E-state index is 13.2. The zero-order valence-corrected chi connectivity index (χ0v) is 36.0. The largest absolute Gasteiger partial charge is 0.494 e. The predicted molar refractivity (Wildman–Crippen MR) is 243 cm³/mol. The molecular weight excluding hydrogens is 773 g/mol. The topological polar surface area (TPSA) is 91.4 Å². The molecule has 1 aliphatic carbocycles. The smallest absolute Gasteiger partial charge is 0.255 e. The van der Waals surface area contributed by atoms with Gasteiger partial charge in [-0.25, -0.2) is 0 Å². The van der Waals surface area contributed by atoms with Crippen molar-refractivity contribution in [3.8, 4) is 11.5 Å². The summed E-state index contributed by atoms with van der Waals surface area (Å²) in [7, 11) is 0. The molecule has 0 aromatic heterocycles. The number of amides is 3. The number of piperidine rings is 1. The zero-order chi connectivity index (χ0) is 42.6. The summed E-state index contributed by atoms with van der Waals surface area (Å²) in [6.07, 6.45) is 5.97. The van der Waals surface area contributed by atoms with Gasteiger partial charge in [0, 0.05) is 55.3 Å². The number of unbranched alkanes of at least 4 members (excludes halogenated alkanes) is 2. The van der Waals surface area contributed by atoms with E-state index in [-0.39, 0.29) is 30.1 Å². The summed E-state index contributed by atoms with van der Waals surface area (Å²) >= 11 is 0. The SMILES string of the molecule is C[C@@H]1CN(c2ccc3c(c2)CN(C2CCC(=O)NC2=O)C3=O)C[C@H](C)N1CCCCCOc1ccc([C@@H]2c3ccc(OCc4ccccc4)cc3CC[C@@H]2c2ccccc2)cc1. The fourth-order valence-electron chi connectivity index (χ4n) is 10.4. The number of piperazine rings is 1. The molecule has 320 valence electrons. The van der Waals surface area contributed by atoms with Crippen molar-refractivity contribution in [2.24, 2.45) is 0 Å². The fraction of sp³-hybridized carbons (Fsp3) is 0.377. The Hall–Kier alpha value is -5.93. The van der Waals surface area contributed by atoms with Gasteiger partial charge in [-0.2, -0.15) is 0 Å². The zero-order valence-electron chi connectivity index (χ0n) is 36.0. The monoisotopic (exact) mass is 830 g/mol. The lowest BCUT2D eigenvalue weighted by Crippen LogP contribution is -2.57. The van der Waals surface area contributed by atoms with Crippen LogP contribution in [0.4, 0.5) is 5.69 Å². The molecule has 2 fully saturated rings. The summed E-state index contributed by atoms with van der Waals surface area (Å²) in [6.45, 7) is 9.15. The number of hydrogen-bond donors (Lipinski definition) is 1. The Morgan fingerprint density at radius 1 is 0.677 bits per heavy atom. The highest BCUT2D eigenvalue weighted by atomic mass is 16.5. The van der Waals surface area contributed by atoms with E-state index in [1.54, 1.807) is 4.90 Å². The first kappa shape index (κ1) is 41.4. The van der Waals surface area contributed by atoms with Crippen LogP contribution in [0.25, 0.3) is 0 Å². The highest BCUT2D eigenvalue weighted by molar-refractivity contribution is 6.05. The van der Waals surface area contributed by atoms with Crippen molar-refractivity contribution in [2.75, 3.05) is 31.1 Å². The molecule has 0 saturated carbocycles. The normalized spacial score (nSPS) is 22.5. The number of anilines is 1. The maximum Gasteiger partial charge on any atom is 0.255 e. The average molecular weight is 831 g/mol. The highest BCUT2D eigenvalue weighted by Crippen LogP contribution is 2.47. The van der Waals surface area contributed by atoms with Gasteiger partial charge in [-0.05, 0) is 141 Å². The standard InChI is InChI=1S/C53H58N4O5/c1-36-32-55(43-19-24-48-42(30-43)34-57(53(48)60)49-26-27-50(58)54-52(49)59)33-37(2)56(36)28-10-5-11-29-61-44-20-16-40(17-21-44)51-46(39-14-8-4-9-15-39)23-18-41-31-45(22-25-47(41)51)62-35-38-12-6-3-7-13-38/h3-4,6-9,12-17,19-22,24-25,30-31,36-37,46,49,51H,5,10-11,18,23,26-29,32-35H2,1-2H3,(H,54,58,59)/t36-,37+,46-,49?,51+/m1/s1. The van der Waals surface area contributed by atoms with Crippen LogP contribution in [0.15, 0.2) is 121 Å². The Morgan fingerprint density at radius 3 is 2.18 bits per heavy atom. The van der Waals surface area contributed by atoms with Gasteiger partial charge in [-0.3, -0.25) is 24.6 Å². The molecule has 3 amide bonds. The summed E-state index contributed by atoms with van der Waals surface area (Å²) in [6, 6.07) is 43.1. The van der Waals surface area contributed by atoms with E-state index < -0.39 is 6.04 Å². The van der Waals surface area contributed by atoms with Crippen molar-refractivity contribution in [1.82, 2.24) is 15.1 Å². The third-order valence-electron chi connectivity index (χ3n) is 13.6. The molecule has 9 rings (SSSR count). The molecule has 62 heavy (non-hydrogen) atoms. The van der Waals surface area contributed by atoms with Crippen molar-refractivity contribution in [2.45, 2.75) is 102 Å². The number of nitrogens with one attached hydrogen (secondary N) is 1. The van der Waals surface area contributed by atoms with Gasteiger partial charge >= 0.3 is 0 Å². The second kappa shape index (κ2) is 18.6. The van der Waals surface area contributed by atoms with E-state index >= 15 is 0 Å². The predicted octanol–water partition coefficient (Wildman–Crippen LogP) is 9.04. The molecule has 3 heterocycles. The molecule has 2 saturated heterocycles. The molecule has 0 spiro atoms. The van der Waals surface area contributed by atoms with E-state index in [1.807, 2.05) is 18.2 Å².